The van der Waals surface area contributed by atoms with Crippen molar-refractivity contribution in [2.45, 2.75) is 12.6 Å². The lowest BCUT2D eigenvalue weighted by Crippen LogP contribution is -2.07. The standard InChI is InChI=1S/C14H12F4N2O/c15-12-7-10(2-1-9(12)3-5-19)21-11-4-6-20-13(8-11)14(16,17)18/h1-2,4,6-8H,3,5,19H2. The minimum Gasteiger partial charge on any atom is -0.457 e. The fourth-order valence-electron chi connectivity index (χ4n) is 1.72. The molecule has 2 N–H and O–H groups in total. The maximum atomic E-state index is 13.7. The van der Waals surface area contributed by atoms with Crippen LogP contribution in [0.25, 0.3) is 0 Å². The van der Waals surface area contributed by atoms with Crippen molar-refractivity contribution in [2.75, 3.05) is 6.54 Å². The van der Waals surface area contributed by atoms with Gasteiger partial charge in [0, 0.05) is 18.3 Å². The molecule has 0 fully saturated rings. The molecule has 0 amide bonds. The van der Waals surface area contributed by atoms with E-state index < -0.39 is 17.7 Å². The maximum Gasteiger partial charge on any atom is 0.433 e. The molecule has 1 heterocycles. The second-order valence-electron chi connectivity index (χ2n) is 4.27. The molecule has 0 radical (unpaired) electrons. The zero-order valence-electron chi connectivity index (χ0n) is 10.8. The molecule has 3 nitrogen and oxygen atoms in total. The van der Waals surface area contributed by atoms with Crippen molar-refractivity contribution in [3.8, 4) is 11.5 Å². The van der Waals surface area contributed by atoms with Crippen molar-refractivity contribution in [3.05, 3.63) is 53.6 Å². The largest absolute Gasteiger partial charge is 0.457 e. The van der Waals surface area contributed by atoms with Crippen molar-refractivity contribution in [3.63, 3.8) is 0 Å². The third-order valence-corrected chi connectivity index (χ3v) is 2.70. The lowest BCUT2D eigenvalue weighted by molar-refractivity contribution is -0.141. The molecule has 0 saturated carbocycles. The summed E-state index contributed by atoms with van der Waals surface area (Å²) in [6.45, 7) is 0.302. The van der Waals surface area contributed by atoms with Crippen molar-refractivity contribution < 1.29 is 22.3 Å². The van der Waals surface area contributed by atoms with Crippen LogP contribution in [0.1, 0.15) is 11.3 Å². The fourth-order valence-corrected chi connectivity index (χ4v) is 1.72. The van der Waals surface area contributed by atoms with Gasteiger partial charge in [0.15, 0.2) is 0 Å². The summed E-state index contributed by atoms with van der Waals surface area (Å²) in [6.07, 6.45) is -3.20. The molecule has 0 aliphatic carbocycles. The van der Waals surface area contributed by atoms with Crippen LogP contribution in [0.15, 0.2) is 36.5 Å². The predicted molar refractivity (Wildman–Crippen MR) is 68.5 cm³/mol. The Labute approximate surface area is 118 Å². The molecule has 0 aliphatic heterocycles. The topological polar surface area (TPSA) is 48.1 Å². The van der Waals surface area contributed by atoms with Crippen molar-refractivity contribution in [2.24, 2.45) is 5.73 Å². The number of rotatable bonds is 4. The first-order valence-corrected chi connectivity index (χ1v) is 6.10. The van der Waals surface area contributed by atoms with Gasteiger partial charge in [0.05, 0.1) is 0 Å². The van der Waals surface area contributed by atoms with E-state index in [-0.39, 0.29) is 11.5 Å². The number of alkyl halides is 3. The van der Waals surface area contributed by atoms with E-state index in [2.05, 4.69) is 4.98 Å². The van der Waals surface area contributed by atoms with Gasteiger partial charge in [0.2, 0.25) is 0 Å². The van der Waals surface area contributed by atoms with Gasteiger partial charge in [-0.3, -0.25) is 4.98 Å². The maximum absolute atomic E-state index is 13.7. The second kappa shape index (κ2) is 6.09. The van der Waals surface area contributed by atoms with Crippen LogP contribution in [0.2, 0.25) is 0 Å². The minimum absolute atomic E-state index is 0.0664. The molecule has 1 aromatic carbocycles. The number of pyridine rings is 1. The van der Waals surface area contributed by atoms with Crippen LogP contribution < -0.4 is 10.5 Å². The van der Waals surface area contributed by atoms with Crippen LogP contribution in [0.4, 0.5) is 17.6 Å². The second-order valence-corrected chi connectivity index (χ2v) is 4.27. The lowest BCUT2D eigenvalue weighted by atomic mass is 10.1. The van der Waals surface area contributed by atoms with E-state index in [1.54, 1.807) is 0 Å². The number of nitrogens with zero attached hydrogens (tertiary/aromatic N) is 1. The SMILES string of the molecule is NCCc1ccc(Oc2ccnc(C(F)(F)F)c2)cc1F. The molecule has 0 atom stereocenters. The molecule has 2 aromatic rings. The summed E-state index contributed by atoms with van der Waals surface area (Å²) in [7, 11) is 0. The first kappa shape index (κ1) is 15.2. The molecule has 0 spiro atoms. The summed E-state index contributed by atoms with van der Waals surface area (Å²) in [4.78, 5) is 3.22. The van der Waals surface area contributed by atoms with Crippen LogP contribution in [0, 0.1) is 5.82 Å². The van der Waals surface area contributed by atoms with Gasteiger partial charge in [-0.1, -0.05) is 6.07 Å². The summed E-state index contributed by atoms with van der Waals surface area (Å²) in [5.41, 5.74) is 4.69. The Bertz CT molecular complexity index is 629. The molecule has 1 aromatic heterocycles. The van der Waals surface area contributed by atoms with Gasteiger partial charge in [0.25, 0.3) is 0 Å². The van der Waals surface area contributed by atoms with Crippen molar-refractivity contribution in [1.82, 2.24) is 4.98 Å². The molecule has 0 bridgehead atoms. The number of aromatic nitrogens is 1. The van der Waals surface area contributed by atoms with Crippen LogP contribution in [-0.4, -0.2) is 11.5 Å². The van der Waals surface area contributed by atoms with Crippen LogP contribution in [-0.2, 0) is 12.6 Å². The van der Waals surface area contributed by atoms with Gasteiger partial charge in [-0.05, 0) is 30.7 Å². The van der Waals surface area contributed by atoms with Crippen LogP contribution >= 0.6 is 0 Å². The van der Waals surface area contributed by atoms with E-state index >= 15 is 0 Å². The Morgan fingerprint density at radius 1 is 1.10 bits per heavy atom. The van der Waals surface area contributed by atoms with Crippen LogP contribution in [0.3, 0.4) is 0 Å². The number of hydrogen-bond donors (Lipinski definition) is 1. The van der Waals surface area contributed by atoms with Gasteiger partial charge in [-0.2, -0.15) is 13.2 Å². The highest BCUT2D eigenvalue weighted by molar-refractivity contribution is 5.34. The number of ether oxygens (including phenoxy) is 1. The van der Waals surface area contributed by atoms with Gasteiger partial charge < -0.3 is 10.5 Å². The van der Waals surface area contributed by atoms with Gasteiger partial charge in [-0.15, -0.1) is 0 Å². The Hall–Kier alpha value is -2.15. The number of benzene rings is 1. The van der Waals surface area contributed by atoms with E-state index in [0.717, 1.165) is 18.3 Å². The summed E-state index contributed by atoms with van der Waals surface area (Å²) >= 11 is 0. The predicted octanol–water partition coefficient (Wildman–Crippen LogP) is 3.53. The highest BCUT2D eigenvalue weighted by Gasteiger charge is 2.32. The minimum atomic E-state index is -4.56. The lowest BCUT2D eigenvalue weighted by Gasteiger charge is -2.10. The molecule has 2 rings (SSSR count). The van der Waals surface area contributed by atoms with Gasteiger partial charge in [0.1, 0.15) is 23.0 Å². The molecule has 112 valence electrons. The number of hydrogen-bond acceptors (Lipinski definition) is 3. The molecule has 0 unspecified atom stereocenters. The highest BCUT2D eigenvalue weighted by atomic mass is 19.4. The average molecular weight is 300 g/mol. The monoisotopic (exact) mass is 300 g/mol. The Balaban J connectivity index is 2.20. The van der Waals surface area contributed by atoms with Crippen molar-refractivity contribution in [1.29, 1.82) is 0 Å². The normalized spacial score (nSPS) is 11.5. The first-order valence-electron chi connectivity index (χ1n) is 6.10. The zero-order valence-corrected chi connectivity index (χ0v) is 10.8. The van der Waals surface area contributed by atoms with Gasteiger partial charge in [-0.25, -0.2) is 4.39 Å². The molecule has 21 heavy (non-hydrogen) atoms. The molecular weight excluding hydrogens is 288 g/mol. The summed E-state index contributed by atoms with van der Waals surface area (Å²) in [5, 5.41) is 0. The smallest absolute Gasteiger partial charge is 0.433 e. The molecule has 0 saturated heterocycles. The Morgan fingerprint density at radius 2 is 1.81 bits per heavy atom. The number of halogens is 4. The van der Waals surface area contributed by atoms with E-state index in [1.165, 1.54) is 18.2 Å². The highest BCUT2D eigenvalue weighted by Crippen LogP contribution is 2.31. The van der Waals surface area contributed by atoms with Crippen molar-refractivity contribution >= 4 is 0 Å². The third-order valence-electron chi connectivity index (χ3n) is 2.70. The zero-order chi connectivity index (χ0) is 15.5. The number of nitrogens with two attached hydrogens (primary N) is 1. The molecular formula is C14H12F4N2O. The summed E-state index contributed by atoms with van der Waals surface area (Å²) in [6, 6.07) is 6.09. The Morgan fingerprint density at radius 3 is 2.43 bits per heavy atom. The van der Waals surface area contributed by atoms with E-state index in [1.807, 2.05) is 0 Å². The fraction of sp³-hybridized carbons (Fsp3) is 0.214. The summed E-state index contributed by atoms with van der Waals surface area (Å²) < 4.78 is 56.5. The average Bonchev–Trinajstić information content (AvgIpc) is 2.41. The van der Waals surface area contributed by atoms with Gasteiger partial charge >= 0.3 is 6.18 Å². The molecule has 7 heteroatoms. The first-order chi connectivity index (χ1) is 9.90. The quantitative estimate of drug-likeness (QED) is 0.879. The molecule has 0 aliphatic rings. The van der Waals surface area contributed by atoms with Crippen LogP contribution in [0.5, 0.6) is 11.5 Å². The third kappa shape index (κ3) is 3.91. The van der Waals surface area contributed by atoms with E-state index in [9.17, 15) is 17.6 Å². The van der Waals surface area contributed by atoms with E-state index in [0.29, 0.717) is 18.5 Å². The summed E-state index contributed by atoms with van der Waals surface area (Å²) in [5.74, 6) is -0.473. The Kier molecular flexibility index (Phi) is 4.42. The van der Waals surface area contributed by atoms with E-state index in [4.69, 9.17) is 10.5 Å².